The summed E-state index contributed by atoms with van der Waals surface area (Å²) in [6.07, 6.45) is 2.44. The van der Waals surface area contributed by atoms with E-state index in [1.165, 1.54) is 12.2 Å². The maximum Gasteiger partial charge on any atom is 2.00 e. The van der Waals surface area contributed by atoms with Gasteiger partial charge in [0, 0.05) is 25.0 Å². The molecule has 0 rings (SSSR count). The van der Waals surface area contributed by atoms with E-state index in [-0.39, 0.29) is 68.6 Å². The van der Waals surface area contributed by atoms with Crippen molar-refractivity contribution >= 4 is 57.0 Å². The van der Waals surface area contributed by atoms with Crippen LogP contribution in [0.4, 0.5) is 0 Å². The predicted octanol–water partition coefficient (Wildman–Crippen LogP) is 3.72. The average molecular weight is 632 g/mol. The van der Waals surface area contributed by atoms with Crippen LogP contribution in [0.2, 0.25) is 0 Å². The minimum absolute atomic E-state index is 0. The number of hydrogen-bond donors (Lipinski definition) is 0. The quantitative estimate of drug-likeness (QED) is 0.147. The monoisotopic (exact) mass is 632 g/mol. The van der Waals surface area contributed by atoms with E-state index in [0.29, 0.717) is 39.6 Å². The maximum absolute atomic E-state index is 11.4. The molecule has 0 bridgehead atoms. The van der Waals surface area contributed by atoms with Crippen molar-refractivity contribution in [3.05, 3.63) is 23.7 Å². The molecular formula is C30H56O8Sr. The summed E-state index contributed by atoms with van der Waals surface area (Å²) in [4.78, 5) is 22.9. The molecule has 0 heterocycles. The molecule has 0 unspecified atom stereocenters. The zero-order chi connectivity index (χ0) is 30.8. The van der Waals surface area contributed by atoms with Crippen molar-refractivity contribution in [1.29, 1.82) is 0 Å². The molecule has 0 aliphatic rings. The third kappa shape index (κ3) is 29.0. The topological polar surface area (TPSA) is 117 Å². The van der Waals surface area contributed by atoms with Crippen LogP contribution in [-0.4, -0.2) is 111 Å². The molecule has 0 saturated carbocycles. The van der Waals surface area contributed by atoms with Gasteiger partial charge in [-0.25, -0.2) is 0 Å². The fourth-order valence-electron chi connectivity index (χ4n) is 1.71. The normalized spacial score (nSPS) is 12.9. The Morgan fingerprint density at radius 1 is 0.513 bits per heavy atom. The SMILES string of the molecule is CC(C)(C)C(=O)/C=C(/[O-])C(C)(C)C.CC(C)(C)C(=O)/C=C(/[O-])C(C)(C)C.COCCOCCOCCOC.[Sr+2]. The van der Waals surface area contributed by atoms with Gasteiger partial charge in [0.25, 0.3) is 0 Å². The van der Waals surface area contributed by atoms with Crippen molar-refractivity contribution in [2.45, 2.75) is 83.1 Å². The van der Waals surface area contributed by atoms with Crippen LogP contribution in [0.25, 0.3) is 0 Å². The van der Waals surface area contributed by atoms with Gasteiger partial charge in [0.15, 0.2) is 11.6 Å². The largest absolute Gasteiger partial charge is 2.00 e. The first kappa shape index (κ1) is 45.7. The minimum atomic E-state index is -0.457. The van der Waals surface area contributed by atoms with Gasteiger partial charge >= 0.3 is 45.5 Å². The number of allylic oxidation sites excluding steroid dienone is 4. The van der Waals surface area contributed by atoms with Crippen molar-refractivity contribution in [2.24, 2.45) is 21.7 Å². The van der Waals surface area contributed by atoms with Crippen molar-refractivity contribution in [3.8, 4) is 0 Å². The molecule has 9 heteroatoms. The summed E-state index contributed by atoms with van der Waals surface area (Å²) in [5.74, 6) is -0.417. The molecule has 0 atom stereocenters. The van der Waals surface area contributed by atoms with E-state index in [0.717, 1.165) is 0 Å². The Balaban J connectivity index is -0.000000233. The molecule has 0 aliphatic carbocycles. The summed E-state index contributed by atoms with van der Waals surface area (Å²) < 4.78 is 19.9. The molecule has 0 aromatic heterocycles. The van der Waals surface area contributed by atoms with Gasteiger partial charge < -0.3 is 29.2 Å². The van der Waals surface area contributed by atoms with Gasteiger partial charge in [-0.1, -0.05) is 83.1 Å². The van der Waals surface area contributed by atoms with E-state index in [1.807, 2.05) is 83.1 Å². The van der Waals surface area contributed by atoms with Crippen LogP contribution in [0.15, 0.2) is 23.7 Å². The Morgan fingerprint density at radius 3 is 0.923 bits per heavy atom. The van der Waals surface area contributed by atoms with Gasteiger partial charge in [-0.15, -0.1) is 11.5 Å². The molecule has 0 saturated heterocycles. The first-order chi connectivity index (χ1) is 17.0. The fraction of sp³-hybridized carbons (Fsp3) is 0.800. The Bertz CT molecular complexity index is 653. The Labute approximate surface area is 276 Å². The summed E-state index contributed by atoms with van der Waals surface area (Å²) in [6.45, 7) is 25.5. The third-order valence-electron chi connectivity index (χ3n) is 4.72. The molecule has 39 heavy (non-hydrogen) atoms. The van der Waals surface area contributed by atoms with E-state index >= 15 is 0 Å². The molecule has 0 fully saturated rings. The van der Waals surface area contributed by atoms with Crippen LogP contribution in [0.3, 0.4) is 0 Å². The molecule has 0 amide bonds. The number of ketones is 2. The second-order valence-corrected chi connectivity index (χ2v) is 13.0. The standard InChI is InChI=1S/2C11H20O2.C8H18O4.Sr/c2*1-10(2,3)8(12)7-9(13)11(4,5)6;1-9-3-5-11-7-8-12-6-4-10-2;/h2*7,12H,1-6H3;3-8H2,1-2H3;/q;;;+2/p-2/b2*8-7+;;. The first-order valence-electron chi connectivity index (χ1n) is 13.0. The van der Waals surface area contributed by atoms with Gasteiger partial charge in [0.2, 0.25) is 0 Å². The van der Waals surface area contributed by atoms with Crippen molar-refractivity contribution < 1.29 is 38.7 Å². The number of methoxy groups -OCH3 is 2. The first-order valence-corrected chi connectivity index (χ1v) is 13.0. The van der Waals surface area contributed by atoms with Crippen LogP contribution in [0.1, 0.15) is 83.1 Å². The molecule has 0 N–H and O–H groups in total. The van der Waals surface area contributed by atoms with E-state index in [1.54, 1.807) is 14.2 Å². The predicted molar refractivity (Wildman–Crippen MR) is 155 cm³/mol. The van der Waals surface area contributed by atoms with Gasteiger partial charge in [-0.05, 0) is 23.0 Å². The van der Waals surface area contributed by atoms with Crippen molar-refractivity contribution in [2.75, 3.05) is 53.9 Å². The number of rotatable bonds is 11. The van der Waals surface area contributed by atoms with Crippen molar-refractivity contribution in [1.82, 2.24) is 0 Å². The molecule has 0 aromatic rings. The van der Waals surface area contributed by atoms with Gasteiger partial charge in [-0.2, -0.15) is 0 Å². The molecule has 0 spiro atoms. The average Bonchev–Trinajstić information content (AvgIpc) is 2.74. The molecule has 226 valence electrons. The zero-order valence-corrected chi connectivity index (χ0v) is 30.8. The second kappa shape index (κ2) is 22.4. The van der Waals surface area contributed by atoms with Crippen LogP contribution in [0, 0.1) is 21.7 Å². The Kier molecular flexibility index (Phi) is 26.2. The fourth-order valence-corrected chi connectivity index (χ4v) is 1.71. The van der Waals surface area contributed by atoms with E-state index in [2.05, 4.69) is 0 Å². The van der Waals surface area contributed by atoms with Crippen LogP contribution in [-0.2, 0) is 28.5 Å². The van der Waals surface area contributed by atoms with Gasteiger partial charge in [0.05, 0.1) is 39.6 Å². The van der Waals surface area contributed by atoms with E-state index in [4.69, 9.17) is 18.9 Å². The summed E-state index contributed by atoms with van der Waals surface area (Å²) in [5, 5.41) is 22.9. The molecule has 0 aromatic carbocycles. The Morgan fingerprint density at radius 2 is 0.744 bits per heavy atom. The van der Waals surface area contributed by atoms with Crippen LogP contribution < -0.4 is 10.2 Å². The van der Waals surface area contributed by atoms with Gasteiger partial charge in [0.1, 0.15) is 0 Å². The number of ether oxygens (including phenoxy) is 4. The van der Waals surface area contributed by atoms with Crippen LogP contribution in [0.5, 0.6) is 0 Å². The number of carbonyl (C=O) groups is 2. The third-order valence-corrected chi connectivity index (χ3v) is 4.72. The van der Waals surface area contributed by atoms with E-state index in [9.17, 15) is 19.8 Å². The summed E-state index contributed by atoms with van der Waals surface area (Å²) >= 11 is 0. The zero-order valence-electron chi connectivity index (χ0n) is 27.4. The van der Waals surface area contributed by atoms with Gasteiger partial charge in [-0.3, -0.25) is 9.59 Å². The molecule has 0 aliphatic heterocycles. The van der Waals surface area contributed by atoms with Crippen molar-refractivity contribution in [3.63, 3.8) is 0 Å². The number of carbonyl (C=O) groups excluding carboxylic acids is 2. The van der Waals surface area contributed by atoms with E-state index < -0.39 is 21.7 Å². The molecule has 0 radical (unpaired) electrons. The molecular weight excluding hydrogens is 576 g/mol. The summed E-state index contributed by atoms with van der Waals surface area (Å²) in [6, 6.07) is 0. The maximum atomic E-state index is 11.4. The number of hydrogen-bond acceptors (Lipinski definition) is 8. The Hall–Kier alpha value is -0.259. The summed E-state index contributed by atoms with van der Waals surface area (Å²) in [7, 11) is 3.30. The molecule has 8 nitrogen and oxygen atoms in total. The second-order valence-electron chi connectivity index (χ2n) is 13.0. The summed E-state index contributed by atoms with van der Waals surface area (Å²) in [5.41, 5.74) is -1.83. The van der Waals surface area contributed by atoms with Crippen LogP contribution >= 0.6 is 0 Å². The smallest absolute Gasteiger partial charge is 0.875 e. The minimum Gasteiger partial charge on any atom is -0.875 e.